The van der Waals surface area contributed by atoms with Crippen molar-refractivity contribution in [1.29, 1.82) is 0 Å². The molecule has 1 aliphatic heterocycles. The van der Waals surface area contributed by atoms with Gasteiger partial charge in [0.15, 0.2) is 17.5 Å². The van der Waals surface area contributed by atoms with Gasteiger partial charge >= 0.3 is 0 Å². The number of anilines is 1. The fraction of sp³-hybridized carbons (Fsp3) is 0.371. The largest absolute Gasteiger partial charge is 0.507 e. The van der Waals surface area contributed by atoms with Crippen molar-refractivity contribution in [2.45, 2.75) is 39.2 Å². The molecule has 0 spiro atoms. The second-order valence-corrected chi connectivity index (χ2v) is 12.3. The van der Waals surface area contributed by atoms with Crippen molar-refractivity contribution in [3.05, 3.63) is 70.5 Å². The van der Waals surface area contributed by atoms with E-state index in [9.17, 15) is 19.5 Å². The zero-order valence-corrected chi connectivity index (χ0v) is 27.4. The van der Waals surface area contributed by atoms with Gasteiger partial charge in [0, 0.05) is 56.2 Å². The molecule has 4 aromatic heterocycles. The number of aromatic hydroxyl groups is 1. The number of benzene rings is 1. The fourth-order valence-electron chi connectivity index (χ4n) is 6.44. The molecule has 49 heavy (non-hydrogen) atoms. The van der Waals surface area contributed by atoms with Crippen LogP contribution >= 0.6 is 0 Å². The number of nitrogens with zero attached hydrogens (tertiary/aromatic N) is 6. The lowest BCUT2D eigenvalue weighted by Crippen LogP contribution is -2.50. The van der Waals surface area contributed by atoms with Gasteiger partial charge in [-0.25, -0.2) is 15.0 Å². The van der Waals surface area contributed by atoms with Crippen molar-refractivity contribution in [1.82, 2.24) is 29.7 Å². The molecule has 14 nitrogen and oxygen atoms in total. The average Bonchev–Trinajstić information content (AvgIpc) is 3.69. The van der Waals surface area contributed by atoms with E-state index in [0.29, 0.717) is 66.7 Å². The van der Waals surface area contributed by atoms with E-state index in [1.165, 1.54) is 19.6 Å². The summed E-state index contributed by atoms with van der Waals surface area (Å²) in [7, 11) is 1.50. The van der Waals surface area contributed by atoms with Crippen LogP contribution in [0, 0.1) is 5.92 Å². The minimum atomic E-state index is -0.391. The van der Waals surface area contributed by atoms with E-state index in [4.69, 9.17) is 13.6 Å². The van der Waals surface area contributed by atoms with Crippen LogP contribution in [0.15, 0.2) is 62.6 Å². The van der Waals surface area contributed by atoms with Gasteiger partial charge in [-0.05, 0) is 49.8 Å². The van der Waals surface area contributed by atoms with Crippen LogP contribution in [0.4, 0.5) is 5.69 Å². The molecule has 2 fully saturated rings. The number of hydrogen-bond acceptors (Lipinski definition) is 11. The number of piperazine rings is 1. The van der Waals surface area contributed by atoms with Crippen LogP contribution in [0.1, 0.15) is 42.2 Å². The molecule has 14 heteroatoms. The summed E-state index contributed by atoms with van der Waals surface area (Å²) in [6, 6.07) is 6.37. The number of methoxy groups -OCH3 is 1. The van der Waals surface area contributed by atoms with Crippen molar-refractivity contribution in [2.24, 2.45) is 5.92 Å². The van der Waals surface area contributed by atoms with Crippen molar-refractivity contribution in [3.63, 3.8) is 0 Å². The molecule has 0 atom stereocenters. The highest BCUT2D eigenvalue weighted by atomic mass is 16.5. The van der Waals surface area contributed by atoms with Crippen molar-refractivity contribution >= 4 is 39.8 Å². The summed E-state index contributed by atoms with van der Waals surface area (Å²) in [5.41, 5.74) is 3.44. The Morgan fingerprint density at radius 1 is 1.14 bits per heavy atom. The molecule has 1 aromatic carbocycles. The van der Waals surface area contributed by atoms with Crippen LogP contribution in [-0.2, 0) is 17.8 Å². The second kappa shape index (κ2) is 13.1. The molecule has 5 aromatic rings. The number of carbonyl (C=O) groups is 2. The summed E-state index contributed by atoms with van der Waals surface area (Å²) in [5.74, 6) is 0.298. The first kappa shape index (κ1) is 31.9. The minimum Gasteiger partial charge on any atom is -0.507 e. The standard InChI is InChI=1S/C35H37N7O7/c1-4-24-30(40-13-15-41(16-14-40)34(46)28-25(43)8-7-23-32(28)48-19-38-23)31(45)29-35(49-33(39-29)22-10-12-37-27(17-22)47-3)42(24)18-26(44)36-11-9-20(2)21-5-6-21/h7-8,10,12,17,19,21,43H,2,4-6,9,11,13-16,18H2,1,3H3,(H,36,44). The van der Waals surface area contributed by atoms with Gasteiger partial charge in [0.25, 0.3) is 5.91 Å². The molecular formula is C35H37N7O7. The Bertz CT molecular complexity index is 2140. The monoisotopic (exact) mass is 667 g/mol. The zero-order valence-electron chi connectivity index (χ0n) is 27.4. The molecule has 1 saturated carbocycles. The first-order chi connectivity index (χ1) is 23.8. The molecule has 7 rings (SSSR count). The number of oxazole rings is 2. The summed E-state index contributed by atoms with van der Waals surface area (Å²) >= 11 is 0. The number of amides is 2. The summed E-state index contributed by atoms with van der Waals surface area (Å²) in [4.78, 5) is 57.6. The Hall–Kier alpha value is -5.66. The molecule has 2 N–H and O–H groups in total. The van der Waals surface area contributed by atoms with Gasteiger partial charge in [0.05, 0.1) is 7.11 Å². The molecule has 5 heterocycles. The Kier molecular flexibility index (Phi) is 8.53. The maximum Gasteiger partial charge on any atom is 0.261 e. The van der Waals surface area contributed by atoms with E-state index in [0.717, 1.165) is 18.4 Å². The van der Waals surface area contributed by atoms with E-state index in [2.05, 4.69) is 26.8 Å². The van der Waals surface area contributed by atoms with Crippen molar-refractivity contribution < 1.29 is 28.3 Å². The maximum absolute atomic E-state index is 14.3. The van der Waals surface area contributed by atoms with Crippen LogP contribution in [0.25, 0.3) is 33.8 Å². The van der Waals surface area contributed by atoms with E-state index >= 15 is 0 Å². The van der Waals surface area contributed by atoms with Crippen LogP contribution in [0.5, 0.6) is 11.6 Å². The highest BCUT2D eigenvalue weighted by Crippen LogP contribution is 2.37. The summed E-state index contributed by atoms with van der Waals surface area (Å²) < 4.78 is 18.7. The lowest BCUT2D eigenvalue weighted by molar-refractivity contribution is -0.121. The first-order valence-corrected chi connectivity index (χ1v) is 16.4. The van der Waals surface area contributed by atoms with Gasteiger partial charge in [-0.15, -0.1) is 0 Å². The molecule has 2 amide bonds. The molecule has 0 unspecified atom stereocenters. The third-order valence-corrected chi connectivity index (χ3v) is 9.21. The number of pyridine rings is 2. The van der Waals surface area contributed by atoms with Gasteiger partial charge < -0.3 is 38.4 Å². The van der Waals surface area contributed by atoms with Crippen molar-refractivity contribution in [2.75, 3.05) is 44.7 Å². The van der Waals surface area contributed by atoms with Gasteiger partial charge in [0.2, 0.25) is 28.8 Å². The van der Waals surface area contributed by atoms with Crippen molar-refractivity contribution in [3.8, 4) is 23.1 Å². The van der Waals surface area contributed by atoms with Crippen LogP contribution in [0.2, 0.25) is 0 Å². The maximum atomic E-state index is 14.3. The van der Waals surface area contributed by atoms with E-state index in [1.807, 2.05) is 11.8 Å². The zero-order chi connectivity index (χ0) is 34.2. The topological polar surface area (TPSA) is 169 Å². The van der Waals surface area contributed by atoms with Crippen LogP contribution in [-0.4, -0.2) is 81.2 Å². The van der Waals surface area contributed by atoms with Gasteiger partial charge in [-0.3, -0.25) is 14.4 Å². The number of phenolic OH excluding ortho intramolecular Hbond substituents is 1. The first-order valence-electron chi connectivity index (χ1n) is 16.4. The molecular weight excluding hydrogens is 630 g/mol. The number of phenols is 1. The SMILES string of the molecule is C=C(CCNC(=O)Cn1c(CC)c(N2CCN(C(=O)c3c(O)ccc4ncoc34)CC2)c(=O)c2nc(-c3ccnc(OC)c3)oc21)C1CC1. The Balaban J connectivity index is 1.21. The average molecular weight is 668 g/mol. The quantitative estimate of drug-likeness (QED) is 0.196. The van der Waals surface area contributed by atoms with Gasteiger partial charge in [-0.2, -0.15) is 0 Å². The predicted molar refractivity (Wildman–Crippen MR) is 181 cm³/mol. The normalized spacial score (nSPS) is 14.8. The van der Waals surface area contributed by atoms with Gasteiger partial charge in [-0.1, -0.05) is 19.1 Å². The second-order valence-electron chi connectivity index (χ2n) is 12.3. The van der Waals surface area contributed by atoms with E-state index in [1.54, 1.807) is 33.9 Å². The van der Waals surface area contributed by atoms with Gasteiger partial charge in [0.1, 0.15) is 29.1 Å². The Labute approximate surface area is 281 Å². The number of rotatable bonds is 11. The Morgan fingerprint density at radius 3 is 2.67 bits per heavy atom. The molecule has 0 radical (unpaired) electrons. The highest BCUT2D eigenvalue weighted by Gasteiger charge is 2.31. The molecule has 1 saturated heterocycles. The number of fused-ring (bicyclic) bond motifs is 2. The molecule has 1 aliphatic carbocycles. The Morgan fingerprint density at radius 2 is 1.94 bits per heavy atom. The molecule has 254 valence electrons. The molecule has 2 aliphatic rings. The summed E-state index contributed by atoms with van der Waals surface area (Å²) in [5, 5.41) is 13.5. The smallest absolute Gasteiger partial charge is 0.261 e. The molecule has 0 bridgehead atoms. The van der Waals surface area contributed by atoms with Crippen LogP contribution < -0.4 is 20.4 Å². The number of ether oxygens (including phenoxy) is 1. The third-order valence-electron chi connectivity index (χ3n) is 9.21. The van der Waals surface area contributed by atoms with E-state index in [-0.39, 0.29) is 65.0 Å². The van der Waals surface area contributed by atoms with Crippen LogP contribution in [0.3, 0.4) is 0 Å². The third kappa shape index (κ3) is 6.09. The highest BCUT2D eigenvalue weighted by molar-refractivity contribution is 6.06. The number of aromatic nitrogens is 4. The number of nitrogens with one attached hydrogen (secondary N) is 1. The minimum absolute atomic E-state index is 0.0519. The lowest BCUT2D eigenvalue weighted by atomic mass is 10.1. The fourth-order valence-corrected chi connectivity index (χ4v) is 6.44. The lowest BCUT2D eigenvalue weighted by Gasteiger charge is -2.37. The number of carbonyl (C=O) groups excluding carboxylic acids is 2. The predicted octanol–water partition coefficient (Wildman–Crippen LogP) is 3.90. The summed E-state index contributed by atoms with van der Waals surface area (Å²) in [6.45, 7) is 7.66. The van der Waals surface area contributed by atoms with E-state index < -0.39 is 5.91 Å². The summed E-state index contributed by atoms with van der Waals surface area (Å²) in [6.07, 6.45) is 6.24. The number of hydrogen-bond donors (Lipinski definition) is 2.